The topological polar surface area (TPSA) is 64.0 Å². The first kappa shape index (κ1) is 18.4. The quantitative estimate of drug-likeness (QED) is 0.477. The lowest BCUT2D eigenvalue weighted by molar-refractivity contribution is 0.414. The van der Waals surface area contributed by atoms with Gasteiger partial charge in [-0.3, -0.25) is 4.99 Å². The molecule has 0 aliphatic heterocycles. The third-order valence-electron chi connectivity index (χ3n) is 5.67. The molecule has 0 unspecified atom stereocenters. The van der Waals surface area contributed by atoms with E-state index in [0.29, 0.717) is 17.8 Å². The van der Waals surface area contributed by atoms with Crippen molar-refractivity contribution in [1.29, 1.82) is 0 Å². The molecule has 3 aromatic rings. The summed E-state index contributed by atoms with van der Waals surface area (Å²) in [4.78, 5) is 6.11. The lowest BCUT2D eigenvalue weighted by Crippen LogP contribution is -2.33. The molecule has 1 fully saturated rings. The van der Waals surface area contributed by atoms with Crippen molar-refractivity contribution in [2.24, 2.45) is 10.7 Å². The van der Waals surface area contributed by atoms with E-state index in [2.05, 4.69) is 17.1 Å². The number of methoxy groups -OCH3 is 1. The number of benzene rings is 2. The molecule has 2 aromatic carbocycles. The molecule has 1 aromatic heterocycles. The molecule has 1 saturated carbocycles. The van der Waals surface area contributed by atoms with Crippen LogP contribution >= 0.6 is 0 Å². The van der Waals surface area contributed by atoms with E-state index in [1.54, 1.807) is 20.4 Å². The van der Waals surface area contributed by atoms with E-state index >= 15 is 0 Å². The molecule has 0 amide bonds. The minimum absolute atomic E-state index is 0.360. The van der Waals surface area contributed by atoms with Gasteiger partial charge in [0.25, 0.3) is 0 Å². The van der Waals surface area contributed by atoms with Crippen molar-refractivity contribution in [2.75, 3.05) is 19.1 Å². The zero-order chi connectivity index (χ0) is 19.5. The van der Waals surface area contributed by atoms with Crippen molar-refractivity contribution in [1.82, 2.24) is 0 Å². The molecule has 28 heavy (non-hydrogen) atoms. The molecule has 4 rings (SSSR count). The minimum Gasteiger partial charge on any atom is -0.495 e. The van der Waals surface area contributed by atoms with Crippen LogP contribution in [0.1, 0.15) is 43.6 Å². The van der Waals surface area contributed by atoms with Crippen LogP contribution in [-0.2, 0) is 0 Å². The van der Waals surface area contributed by atoms with Gasteiger partial charge in [-0.05, 0) is 42.5 Å². The van der Waals surface area contributed by atoms with Gasteiger partial charge in [0.1, 0.15) is 12.0 Å². The Hall–Kier alpha value is -2.95. The maximum atomic E-state index is 6.34. The van der Waals surface area contributed by atoms with Crippen LogP contribution in [0.3, 0.4) is 0 Å². The molecule has 0 saturated heterocycles. The summed E-state index contributed by atoms with van der Waals surface area (Å²) in [6.07, 6.45) is 8.12. The molecule has 1 aliphatic rings. The number of anilines is 2. The number of hydrogen-bond acceptors (Lipinski definition) is 3. The van der Waals surface area contributed by atoms with Crippen molar-refractivity contribution >= 4 is 28.3 Å². The van der Waals surface area contributed by atoms with Gasteiger partial charge in [0.15, 0.2) is 0 Å². The second-order valence-electron chi connectivity index (χ2n) is 7.31. The van der Waals surface area contributed by atoms with Gasteiger partial charge in [-0.25, -0.2) is 4.90 Å². The van der Waals surface area contributed by atoms with Crippen LogP contribution in [0, 0.1) is 0 Å². The Kier molecular flexibility index (Phi) is 5.24. The molecular formula is C23H27N3O2. The summed E-state index contributed by atoms with van der Waals surface area (Å²) < 4.78 is 11.6. The molecule has 0 radical (unpaired) electrons. The summed E-state index contributed by atoms with van der Waals surface area (Å²) in [7, 11) is 3.36. The van der Waals surface area contributed by atoms with Crippen LogP contribution in [0.4, 0.5) is 11.6 Å². The highest BCUT2D eigenvalue weighted by molar-refractivity contribution is 6.08. The van der Waals surface area contributed by atoms with Crippen LogP contribution in [0.5, 0.6) is 5.75 Å². The number of guanidine groups is 1. The predicted molar refractivity (Wildman–Crippen MR) is 115 cm³/mol. The minimum atomic E-state index is 0.360. The van der Waals surface area contributed by atoms with Crippen molar-refractivity contribution in [3.63, 3.8) is 0 Å². The number of rotatable bonds is 4. The lowest BCUT2D eigenvalue weighted by Gasteiger charge is -2.27. The zero-order valence-electron chi connectivity index (χ0n) is 16.5. The van der Waals surface area contributed by atoms with Gasteiger partial charge in [0.05, 0.1) is 12.8 Å². The van der Waals surface area contributed by atoms with Crippen LogP contribution in [0.25, 0.3) is 10.8 Å². The van der Waals surface area contributed by atoms with E-state index in [1.807, 2.05) is 35.2 Å². The fourth-order valence-electron chi connectivity index (χ4n) is 4.16. The molecule has 0 atom stereocenters. The van der Waals surface area contributed by atoms with Gasteiger partial charge in [-0.15, -0.1) is 0 Å². The second kappa shape index (κ2) is 7.97. The summed E-state index contributed by atoms with van der Waals surface area (Å²) in [5.41, 5.74) is 8.52. The Labute approximate surface area is 165 Å². The largest absolute Gasteiger partial charge is 0.495 e. The number of fused-ring (bicyclic) bond motifs is 1. The third-order valence-corrected chi connectivity index (χ3v) is 5.67. The molecule has 5 nitrogen and oxygen atoms in total. The molecule has 1 aliphatic carbocycles. The van der Waals surface area contributed by atoms with Gasteiger partial charge in [0.2, 0.25) is 11.8 Å². The third kappa shape index (κ3) is 3.33. The zero-order valence-corrected chi connectivity index (χ0v) is 16.5. The van der Waals surface area contributed by atoms with E-state index in [4.69, 9.17) is 14.9 Å². The first-order valence-corrected chi connectivity index (χ1v) is 9.89. The number of nitrogens with two attached hydrogens (primary N) is 1. The van der Waals surface area contributed by atoms with Gasteiger partial charge < -0.3 is 14.9 Å². The average molecular weight is 377 g/mol. The Balaban J connectivity index is 1.86. The van der Waals surface area contributed by atoms with Crippen LogP contribution < -0.4 is 15.4 Å². The van der Waals surface area contributed by atoms with Gasteiger partial charge >= 0.3 is 0 Å². The highest BCUT2D eigenvalue weighted by Gasteiger charge is 2.25. The van der Waals surface area contributed by atoms with Gasteiger partial charge in [0, 0.05) is 17.8 Å². The molecule has 0 bridgehead atoms. The SMILES string of the molecule is CN=C(N)N(c1cc(C2CCCCC2)ccc1OC)c1occ2ccccc12. The average Bonchev–Trinajstić information content (AvgIpc) is 3.18. The number of nitrogens with zero attached hydrogens (tertiary/aromatic N) is 2. The smallest absolute Gasteiger partial charge is 0.214 e. The van der Waals surface area contributed by atoms with E-state index in [9.17, 15) is 0 Å². The van der Waals surface area contributed by atoms with Crippen molar-refractivity contribution in [3.05, 3.63) is 54.3 Å². The van der Waals surface area contributed by atoms with E-state index in [1.165, 1.54) is 37.7 Å². The van der Waals surface area contributed by atoms with E-state index < -0.39 is 0 Å². The Morgan fingerprint density at radius 3 is 2.68 bits per heavy atom. The summed E-state index contributed by atoms with van der Waals surface area (Å²) >= 11 is 0. The Morgan fingerprint density at radius 1 is 1.14 bits per heavy atom. The lowest BCUT2D eigenvalue weighted by atomic mass is 9.84. The number of aliphatic imine (C=N–C) groups is 1. The van der Waals surface area contributed by atoms with Crippen molar-refractivity contribution in [3.8, 4) is 5.75 Å². The first-order chi connectivity index (χ1) is 13.7. The van der Waals surface area contributed by atoms with Crippen LogP contribution in [0.15, 0.2) is 58.1 Å². The van der Waals surface area contributed by atoms with Crippen LogP contribution in [0.2, 0.25) is 0 Å². The van der Waals surface area contributed by atoms with Crippen molar-refractivity contribution in [2.45, 2.75) is 38.0 Å². The van der Waals surface area contributed by atoms with E-state index in [-0.39, 0.29) is 0 Å². The maximum Gasteiger partial charge on any atom is 0.214 e. The maximum absolute atomic E-state index is 6.34. The normalized spacial score (nSPS) is 15.7. The second-order valence-corrected chi connectivity index (χ2v) is 7.31. The number of ether oxygens (including phenoxy) is 1. The number of furan rings is 1. The molecule has 146 valence electrons. The molecule has 1 heterocycles. The van der Waals surface area contributed by atoms with Gasteiger partial charge in [-0.2, -0.15) is 0 Å². The Morgan fingerprint density at radius 2 is 1.93 bits per heavy atom. The first-order valence-electron chi connectivity index (χ1n) is 9.89. The highest BCUT2D eigenvalue weighted by atomic mass is 16.5. The van der Waals surface area contributed by atoms with Crippen molar-refractivity contribution < 1.29 is 9.15 Å². The molecular weight excluding hydrogens is 350 g/mol. The highest BCUT2D eigenvalue weighted by Crippen LogP contribution is 2.42. The van der Waals surface area contributed by atoms with E-state index in [0.717, 1.165) is 22.2 Å². The molecule has 2 N–H and O–H groups in total. The molecule has 5 heteroatoms. The molecule has 0 spiro atoms. The summed E-state index contributed by atoms with van der Waals surface area (Å²) in [5.74, 6) is 2.33. The fourth-order valence-corrected chi connectivity index (χ4v) is 4.16. The monoisotopic (exact) mass is 377 g/mol. The standard InChI is InChI=1S/C23H27N3O2/c1-25-23(24)26(22-19-11-7-6-10-18(19)15-28-22)20-14-17(12-13-21(20)27-2)16-8-4-3-5-9-16/h6-7,10-16H,3-5,8-9H2,1-2H3,(H2,24,25). The summed E-state index contributed by atoms with van der Waals surface area (Å²) in [5, 5.41) is 2.01. The summed E-state index contributed by atoms with van der Waals surface area (Å²) in [6, 6.07) is 14.4. The van der Waals surface area contributed by atoms with Crippen LogP contribution in [-0.4, -0.2) is 20.1 Å². The predicted octanol–water partition coefficient (Wildman–Crippen LogP) is 5.57. The summed E-state index contributed by atoms with van der Waals surface area (Å²) in [6.45, 7) is 0. The Bertz CT molecular complexity index is 986. The fraction of sp³-hybridized carbons (Fsp3) is 0.348. The van der Waals surface area contributed by atoms with Gasteiger partial charge in [-0.1, -0.05) is 43.5 Å². The number of hydrogen-bond donors (Lipinski definition) is 1.